The van der Waals surface area contributed by atoms with Crippen LogP contribution in [0.25, 0.3) is 0 Å². The van der Waals surface area contributed by atoms with Crippen molar-refractivity contribution in [1.82, 2.24) is 10.2 Å². The largest absolute Gasteiger partial charge is 0.353 e. The van der Waals surface area contributed by atoms with Gasteiger partial charge in [-0.1, -0.05) is 44.2 Å². The summed E-state index contributed by atoms with van der Waals surface area (Å²) >= 11 is 0. The Kier molecular flexibility index (Phi) is 6.04. The van der Waals surface area contributed by atoms with Crippen molar-refractivity contribution >= 4 is 15.7 Å². The molecule has 1 aliphatic heterocycles. The first-order valence-electron chi connectivity index (χ1n) is 8.46. The van der Waals surface area contributed by atoms with Gasteiger partial charge in [0.1, 0.15) is 0 Å². The summed E-state index contributed by atoms with van der Waals surface area (Å²) in [7, 11) is -2.90. The monoisotopic (exact) mass is 352 g/mol. The lowest BCUT2D eigenvalue weighted by molar-refractivity contribution is -0.122. The normalized spacial score (nSPS) is 19.6. The van der Waals surface area contributed by atoms with Crippen molar-refractivity contribution < 1.29 is 13.2 Å². The first kappa shape index (κ1) is 18.9. The van der Waals surface area contributed by atoms with Gasteiger partial charge in [-0.2, -0.15) is 0 Å². The number of carbonyl (C=O) groups excluding carboxylic acids is 1. The van der Waals surface area contributed by atoms with Crippen LogP contribution in [0.15, 0.2) is 30.3 Å². The SMILES string of the molecule is C[C@H](CC(C)(C)c1ccccc1)NC(=O)CN1CCS(=O)(=O)CC1. The number of rotatable bonds is 6. The van der Waals surface area contributed by atoms with Gasteiger partial charge in [-0.15, -0.1) is 0 Å². The molecule has 1 aromatic carbocycles. The summed E-state index contributed by atoms with van der Waals surface area (Å²) in [5.41, 5.74) is 1.24. The van der Waals surface area contributed by atoms with Crippen molar-refractivity contribution in [3.05, 3.63) is 35.9 Å². The summed E-state index contributed by atoms with van der Waals surface area (Å²) in [6.07, 6.45) is 0.844. The molecule has 6 heteroatoms. The number of hydrogen-bond donors (Lipinski definition) is 1. The van der Waals surface area contributed by atoms with Gasteiger partial charge >= 0.3 is 0 Å². The van der Waals surface area contributed by atoms with Gasteiger partial charge in [-0.3, -0.25) is 9.69 Å². The number of hydrogen-bond acceptors (Lipinski definition) is 4. The summed E-state index contributed by atoms with van der Waals surface area (Å²) in [4.78, 5) is 14.1. The third-order valence-electron chi connectivity index (χ3n) is 4.58. The van der Waals surface area contributed by atoms with Crippen molar-refractivity contribution in [2.24, 2.45) is 0 Å². The van der Waals surface area contributed by atoms with Crippen LogP contribution >= 0.6 is 0 Å². The fourth-order valence-electron chi connectivity index (χ4n) is 3.26. The van der Waals surface area contributed by atoms with E-state index >= 15 is 0 Å². The van der Waals surface area contributed by atoms with E-state index in [9.17, 15) is 13.2 Å². The molecule has 1 N–H and O–H groups in total. The number of nitrogens with zero attached hydrogens (tertiary/aromatic N) is 1. The molecule has 0 aliphatic carbocycles. The Bertz CT molecular complexity index is 642. The van der Waals surface area contributed by atoms with Gasteiger partial charge in [-0.25, -0.2) is 8.42 Å². The van der Waals surface area contributed by atoms with Crippen molar-refractivity contribution in [3.8, 4) is 0 Å². The number of nitrogens with one attached hydrogen (secondary N) is 1. The smallest absolute Gasteiger partial charge is 0.234 e. The Morgan fingerprint density at radius 2 is 1.79 bits per heavy atom. The molecule has 5 nitrogen and oxygen atoms in total. The van der Waals surface area contributed by atoms with E-state index in [1.54, 1.807) is 0 Å². The van der Waals surface area contributed by atoms with Crippen LogP contribution in [-0.2, 0) is 20.0 Å². The third kappa shape index (κ3) is 5.60. The predicted octanol–water partition coefficient (Wildman–Crippen LogP) is 1.59. The highest BCUT2D eigenvalue weighted by Gasteiger charge is 2.26. The minimum atomic E-state index is -2.90. The minimum Gasteiger partial charge on any atom is -0.353 e. The van der Waals surface area contributed by atoms with Gasteiger partial charge in [0.15, 0.2) is 9.84 Å². The van der Waals surface area contributed by atoms with E-state index in [4.69, 9.17) is 0 Å². The molecule has 0 bridgehead atoms. The highest BCUT2D eigenvalue weighted by molar-refractivity contribution is 7.91. The number of benzene rings is 1. The molecular weight excluding hydrogens is 324 g/mol. The third-order valence-corrected chi connectivity index (χ3v) is 6.19. The molecule has 1 heterocycles. The van der Waals surface area contributed by atoms with Gasteiger partial charge in [-0.05, 0) is 24.3 Å². The van der Waals surface area contributed by atoms with Crippen molar-refractivity contribution in [1.29, 1.82) is 0 Å². The zero-order chi connectivity index (χ0) is 17.8. The molecule has 1 aliphatic rings. The zero-order valence-electron chi connectivity index (χ0n) is 14.8. The summed E-state index contributed by atoms with van der Waals surface area (Å²) in [5.74, 6) is 0.263. The maximum atomic E-state index is 12.2. The van der Waals surface area contributed by atoms with Crippen LogP contribution in [0.5, 0.6) is 0 Å². The van der Waals surface area contributed by atoms with Crippen LogP contribution in [0, 0.1) is 0 Å². The molecular formula is C18H28N2O3S. The van der Waals surface area contributed by atoms with E-state index in [0.29, 0.717) is 13.1 Å². The highest BCUT2D eigenvalue weighted by Crippen LogP contribution is 2.28. The van der Waals surface area contributed by atoms with Crippen LogP contribution in [0.1, 0.15) is 32.8 Å². The summed E-state index contributed by atoms with van der Waals surface area (Å²) < 4.78 is 22.8. The molecule has 0 radical (unpaired) electrons. The quantitative estimate of drug-likeness (QED) is 0.844. The van der Waals surface area contributed by atoms with E-state index in [1.165, 1.54) is 5.56 Å². The molecule has 2 rings (SSSR count). The predicted molar refractivity (Wildman–Crippen MR) is 96.8 cm³/mol. The molecule has 0 aromatic heterocycles. The van der Waals surface area contributed by atoms with Gasteiger partial charge in [0.25, 0.3) is 0 Å². The first-order valence-corrected chi connectivity index (χ1v) is 10.3. The second-order valence-corrected chi connectivity index (χ2v) is 9.65. The Hall–Kier alpha value is -1.40. The second kappa shape index (κ2) is 7.66. The van der Waals surface area contributed by atoms with E-state index < -0.39 is 9.84 Å². The molecule has 134 valence electrons. The molecule has 0 spiro atoms. The van der Waals surface area contributed by atoms with Crippen molar-refractivity contribution in [2.45, 2.75) is 38.6 Å². The molecule has 24 heavy (non-hydrogen) atoms. The van der Waals surface area contributed by atoms with Crippen LogP contribution in [0.2, 0.25) is 0 Å². The molecule has 0 saturated carbocycles. The van der Waals surface area contributed by atoms with Gasteiger partial charge in [0.2, 0.25) is 5.91 Å². The maximum absolute atomic E-state index is 12.2. The Labute approximate surface area is 145 Å². The van der Waals surface area contributed by atoms with Crippen molar-refractivity contribution in [2.75, 3.05) is 31.1 Å². The van der Waals surface area contributed by atoms with E-state index in [-0.39, 0.29) is 35.4 Å². The fraction of sp³-hybridized carbons (Fsp3) is 0.611. The zero-order valence-corrected chi connectivity index (χ0v) is 15.6. The molecule has 1 amide bonds. The van der Waals surface area contributed by atoms with E-state index in [0.717, 1.165) is 6.42 Å². The standard InChI is InChI=1S/C18H28N2O3S/c1-15(13-18(2,3)16-7-5-4-6-8-16)19-17(21)14-20-9-11-24(22,23)12-10-20/h4-8,15H,9-14H2,1-3H3,(H,19,21)/t15-/m1/s1. The van der Waals surface area contributed by atoms with Crippen LogP contribution < -0.4 is 5.32 Å². The number of sulfone groups is 1. The van der Waals surface area contributed by atoms with E-state index in [2.05, 4.69) is 31.3 Å². The Morgan fingerprint density at radius 3 is 2.38 bits per heavy atom. The molecule has 1 fully saturated rings. The minimum absolute atomic E-state index is 0.0207. The Balaban J connectivity index is 1.81. The van der Waals surface area contributed by atoms with Gasteiger partial charge < -0.3 is 5.32 Å². The summed E-state index contributed by atoms with van der Waals surface area (Å²) in [6.45, 7) is 7.54. The molecule has 1 aromatic rings. The lowest BCUT2D eigenvalue weighted by Gasteiger charge is -2.30. The summed E-state index contributed by atoms with van der Waals surface area (Å²) in [6, 6.07) is 10.4. The lowest BCUT2D eigenvalue weighted by atomic mass is 9.79. The maximum Gasteiger partial charge on any atom is 0.234 e. The summed E-state index contributed by atoms with van der Waals surface area (Å²) in [5, 5.41) is 3.04. The first-order chi connectivity index (χ1) is 11.2. The van der Waals surface area contributed by atoms with Crippen LogP contribution in [-0.4, -0.2) is 56.4 Å². The highest BCUT2D eigenvalue weighted by atomic mass is 32.2. The topological polar surface area (TPSA) is 66.5 Å². The second-order valence-electron chi connectivity index (χ2n) is 7.35. The number of amides is 1. The fourth-order valence-corrected chi connectivity index (χ4v) is 4.53. The number of carbonyl (C=O) groups is 1. The Morgan fingerprint density at radius 1 is 1.21 bits per heavy atom. The molecule has 0 unspecified atom stereocenters. The molecule has 1 saturated heterocycles. The lowest BCUT2D eigenvalue weighted by Crippen LogP contribution is -2.47. The van der Waals surface area contributed by atoms with E-state index in [1.807, 2.05) is 30.0 Å². The average Bonchev–Trinajstić information content (AvgIpc) is 2.49. The average molecular weight is 353 g/mol. The molecule has 1 atom stereocenters. The van der Waals surface area contributed by atoms with Crippen LogP contribution in [0.4, 0.5) is 0 Å². The van der Waals surface area contributed by atoms with Gasteiger partial charge in [0, 0.05) is 19.1 Å². The van der Waals surface area contributed by atoms with Crippen molar-refractivity contribution in [3.63, 3.8) is 0 Å². The van der Waals surface area contributed by atoms with Gasteiger partial charge in [0.05, 0.1) is 18.1 Å². The van der Waals surface area contributed by atoms with Crippen LogP contribution in [0.3, 0.4) is 0 Å².